The fourth-order valence-corrected chi connectivity index (χ4v) is 1.39. The van der Waals surface area contributed by atoms with Crippen LogP contribution in [0.15, 0.2) is 30.3 Å². The summed E-state index contributed by atoms with van der Waals surface area (Å²) in [7, 11) is 0. The second kappa shape index (κ2) is 6.78. The van der Waals surface area contributed by atoms with Crippen molar-refractivity contribution in [2.45, 2.75) is 19.4 Å². The van der Waals surface area contributed by atoms with Gasteiger partial charge in [-0.25, -0.2) is 0 Å². The second-order valence-corrected chi connectivity index (χ2v) is 4.14. The lowest BCUT2D eigenvalue weighted by Gasteiger charge is -2.07. The van der Waals surface area contributed by atoms with E-state index in [1.807, 2.05) is 19.1 Å². The van der Waals surface area contributed by atoms with Crippen LogP contribution in [0.5, 0.6) is 0 Å². The van der Waals surface area contributed by atoms with Gasteiger partial charge in [-0.15, -0.1) is 12.3 Å². The van der Waals surface area contributed by atoms with E-state index >= 15 is 0 Å². The Bertz CT molecular complexity index is 442. The number of terminal acetylenes is 1. The average Bonchev–Trinajstić information content (AvgIpc) is 2.28. The van der Waals surface area contributed by atoms with Gasteiger partial charge >= 0.3 is 0 Å². The summed E-state index contributed by atoms with van der Waals surface area (Å²) in [4.78, 5) is 11.5. The van der Waals surface area contributed by atoms with E-state index < -0.39 is 0 Å². The first-order chi connectivity index (χ1) is 8.11. The van der Waals surface area contributed by atoms with Crippen molar-refractivity contribution in [1.82, 2.24) is 5.32 Å². The highest BCUT2D eigenvalue weighted by molar-refractivity contribution is 6.30. The Balaban J connectivity index is 2.51. The maximum Gasteiger partial charge on any atom is 0.244 e. The molecule has 0 aliphatic carbocycles. The van der Waals surface area contributed by atoms with Crippen molar-refractivity contribution >= 4 is 23.6 Å². The quantitative estimate of drug-likeness (QED) is 0.643. The molecule has 0 saturated carbocycles. The third kappa shape index (κ3) is 5.24. The number of halogens is 1. The summed E-state index contributed by atoms with van der Waals surface area (Å²) in [5.74, 6) is 2.35. The predicted octanol–water partition coefficient (Wildman–Crippen LogP) is 2.88. The highest BCUT2D eigenvalue weighted by Crippen LogP contribution is 2.10. The minimum absolute atomic E-state index is 0.0117. The summed E-state index contributed by atoms with van der Waals surface area (Å²) in [5.41, 5.74) is 0.925. The maximum atomic E-state index is 11.5. The van der Waals surface area contributed by atoms with Gasteiger partial charge < -0.3 is 5.32 Å². The molecule has 0 saturated heterocycles. The molecule has 1 atom stereocenters. The molecule has 0 spiro atoms. The fourth-order valence-electron chi connectivity index (χ4n) is 1.26. The van der Waals surface area contributed by atoms with Crippen molar-refractivity contribution < 1.29 is 4.79 Å². The molecule has 1 aromatic carbocycles. The molecule has 0 fully saturated rings. The second-order valence-electron chi connectivity index (χ2n) is 3.70. The van der Waals surface area contributed by atoms with Gasteiger partial charge in [-0.05, 0) is 30.7 Å². The van der Waals surface area contributed by atoms with Crippen LogP contribution in [-0.4, -0.2) is 11.9 Å². The van der Waals surface area contributed by atoms with E-state index in [-0.39, 0.29) is 11.9 Å². The van der Waals surface area contributed by atoms with Gasteiger partial charge in [0.25, 0.3) is 0 Å². The molecule has 3 heteroatoms. The van der Waals surface area contributed by atoms with Crippen molar-refractivity contribution in [1.29, 1.82) is 0 Å². The number of rotatable bonds is 4. The zero-order valence-corrected chi connectivity index (χ0v) is 10.4. The molecule has 1 amide bonds. The molecule has 0 heterocycles. The van der Waals surface area contributed by atoms with Gasteiger partial charge in [0, 0.05) is 23.6 Å². The molecule has 1 rings (SSSR count). The standard InChI is InChI=1S/C14H14ClNO/c1-3-4-11(2)16-14(17)10-7-12-5-8-13(15)9-6-12/h1,5-11H,4H2,2H3,(H,16,17)/b10-7+. The van der Waals surface area contributed by atoms with Crippen molar-refractivity contribution in [3.05, 3.63) is 40.9 Å². The largest absolute Gasteiger partial charge is 0.349 e. The lowest BCUT2D eigenvalue weighted by molar-refractivity contribution is -0.116. The zero-order chi connectivity index (χ0) is 12.7. The number of hydrogen-bond acceptors (Lipinski definition) is 1. The number of benzene rings is 1. The molecule has 0 bridgehead atoms. The lowest BCUT2D eigenvalue weighted by atomic mass is 10.2. The van der Waals surface area contributed by atoms with Crippen LogP contribution in [0.4, 0.5) is 0 Å². The van der Waals surface area contributed by atoms with Gasteiger partial charge in [0.15, 0.2) is 0 Å². The first-order valence-corrected chi connectivity index (χ1v) is 5.67. The zero-order valence-electron chi connectivity index (χ0n) is 9.61. The Kier molecular flexibility index (Phi) is 5.32. The highest BCUT2D eigenvalue weighted by atomic mass is 35.5. The van der Waals surface area contributed by atoms with E-state index in [9.17, 15) is 4.79 Å². The third-order valence-corrected chi connectivity index (χ3v) is 2.36. The van der Waals surface area contributed by atoms with Crippen LogP contribution < -0.4 is 5.32 Å². The monoisotopic (exact) mass is 247 g/mol. The van der Waals surface area contributed by atoms with Crippen LogP contribution >= 0.6 is 11.6 Å². The van der Waals surface area contributed by atoms with E-state index in [1.165, 1.54) is 6.08 Å². The molecule has 17 heavy (non-hydrogen) atoms. The highest BCUT2D eigenvalue weighted by Gasteiger charge is 2.01. The molecule has 0 aromatic heterocycles. The SMILES string of the molecule is C#CCC(C)NC(=O)/C=C/c1ccc(Cl)cc1. The number of amides is 1. The van der Waals surface area contributed by atoms with E-state index in [0.29, 0.717) is 11.4 Å². The molecule has 0 radical (unpaired) electrons. The third-order valence-electron chi connectivity index (χ3n) is 2.11. The van der Waals surface area contributed by atoms with Crippen molar-refractivity contribution in [2.24, 2.45) is 0 Å². The normalized spacial score (nSPS) is 12.1. The Morgan fingerprint density at radius 1 is 1.53 bits per heavy atom. The van der Waals surface area contributed by atoms with Crippen LogP contribution in [0.3, 0.4) is 0 Å². The van der Waals surface area contributed by atoms with Crippen LogP contribution in [0, 0.1) is 12.3 Å². The first kappa shape index (κ1) is 13.3. The molecule has 1 aromatic rings. The minimum atomic E-state index is -0.150. The lowest BCUT2D eigenvalue weighted by Crippen LogP contribution is -2.30. The van der Waals surface area contributed by atoms with E-state index in [0.717, 1.165) is 5.56 Å². The number of nitrogens with one attached hydrogen (secondary N) is 1. The molecule has 1 unspecified atom stereocenters. The molecule has 1 N–H and O–H groups in total. The average molecular weight is 248 g/mol. The predicted molar refractivity (Wildman–Crippen MR) is 71.5 cm³/mol. The van der Waals surface area contributed by atoms with E-state index in [2.05, 4.69) is 11.2 Å². The molecule has 0 aliphatic heterocycles. The summed E-state index contributed by atoms with van der Waals surface area (Å²) in [5, 5.41) is 3.44. The Morgan fingerprint density at radius 3 is 2.76 bits per heavy atom. The van der Waals surface area contributed by atoms with Crippen LogP contribution in [0.1, 0.15) is 18.9 Å². The van der Waals surface area contributed by atoms with Gasteiger partial charge in [-0.1, -0.05) is 23.7 Å². The first-order valence-electron chi connectivity index (χ1n) is 5.29. The minimum Gasteiger partial charge on any atom is -0.349 e. The van der Waals surface area contributed by atoms with Crippen LogP contribution in [0.2, 0.25) is 5.02 Å². The summed E-state index contributed by atoms with van der Waals surface area (Å²) >= 11 is 5.76. The maximum absolute atomic E-state index is 11.5. The molecule has 0 aliphatic rings. The van der Waals surface area contributed by atoms with E-state index in [1.54, 1.807) is 18.2 Å². The Morgan fingerprint density at radius 2 is 2.18 bits per heavy atom. The van der Waals surface area contributed by atoms with Crippen LogP contribution in [0.25, 0.3) is 6.08 Å². The topological polar surface area (TPSA) is 29.1 Å². The van der Waals surface area contributed by atoms with Gasteiger partial charge in [0.2, 0.25) is 5.91 Å². The van der Waals surface area contributed by atoms with Gasteiger partial charge in [0.05, 0.1) is 0 Å². The Hall–Kier alpha value is -1.72. The van der Waals surface area contributed by atoms with Crippen molar-refractivity contribution in [3.8, 4) is 12.3 Å². The fraction of sp³-hybridized carbons (Fsp3) is 0.214. The summed E-state index contributed by atoms with van der Waals surface area (Å²) in [6, 6.07) is 7.23. The summed E-state index contributed by atoms with van der Waals surface area (Å²) in [6.45, 7) is 1.87. The van der Waals surface area contributed by atoms with Gasteiger partial charge in [0.1, 0.15) is 0 Å². The van der Waals surface area contributed by atoms with Crippen LogP contribution in [-0.2, 0) is 4.79 Å². The molecular formula is C14H14ClNO. The number of carbonyl (C=O) groups excluding carboxylic acids is 1. The van der Waals surface area contributed by atoms with Crippen molar-refractivity contribution in [3.63, 3.8) is 0 Å². The van der Waals surface area contributed by atoms with E-state index in [4.69, 9.17) is 18.0 Å². The van der Waals surface area contributed by atoms with Gasteiger partial charge in [-0.2, -0.15) is 0 Å². The number of carbonyl (C=O) groups is 1. The summed E-state index contributed by atoms with van der Waals surface area (Å²) in [6.07, 6.45) is 8.89. The molecule has 2 nitrogen and oxygen atoms in total. The van der Waals surface area contributed by atoms with Gasteiger partial charge in [-0.3, -0.25) is 4.79 Å². The molecule has 88 valence electrons. The smallest absolute Gasteiger partial charge is 0.244 e. The number of hydrogen-bond donors (Lipinski definition) is 1. The molecular weight excluding hydrogens is 234 g/mol. The summed E-state index contributed by atoms with van der Waals surface area (Å²) < 4.78 is 0. The Labute approximate surface area is 107 Å². The van der Waals surface area contributed by atoms with Crippen molar-refractivity contribution in [2.75, 3.05) is 0 Å².